The van der Waals surface area contributed by atoms with Gasteiger partial charge in [0.15, 0.2) is 0 Å². The average molecular weight is 259 g/mol. The van der Waals surface area contributed by atoms with Crippen molar-refractivity contribution >= 4 is 11.4 Å². The van der Waals surface area contributed by atoms with Crippen molar-refractivity contribution < 1.29 is 4.92 Å². The van der Waals surface area contributed by atoms with E-state index in [-0.39, 0.29) is 11.3 Å². The third-order valence-electron chi connectivity index (χ3n) is 3.18. The van der Waals surface area contributed by atoms with Crippen LogP contribution in [0, 0.1) is 27.4 Å². The van der Waals surface area contributed by atoms with E-state index in [0.717, 1.165) is 25.1 Å². The van der Waals surface area contributed by atoms with Crippen molar-refractivity contribution in [2.24, 2.45) is 5.92 Å². The highest BCUT2D eigenvalue weighted by molar-refractivity contribution is 5.61. The molecule has 2 rings (SSSR count). The Labute approximate surface area is 112 Å². The maximum absolute atomic E-state index is 11.0. The Morgan fingerprint density at radius 1 is 1.53 bits per heavy atom. The van der Waals surface area contributed by atoms with E-state index < -0.39 is 4.92 Å². The lowest BCUT2D eigenvalue weighted by Crippen LogP contribution is -2.29. The van der Waals surface area contributed by atoms with Gasteiger partial charge in [0.1, 0.15) is 11.6 Å². The molecule has 1 aromatic rings. The number of benzene rings is 1. The number of hydrogen-bond donors (Lipinski definition) is 0. The highest BCUT2D eigenvalue weighted by atomic mass is 16.6. The largest absolute Gasteiger partial charge is 0.368 e. The molecule has 1 fully saturated rings. The molecule has 0 aliphatic heterocycles. The van der Waals surface area contributed by atoms with Crippen LogP contribution < -0.4 is 4.90 Å². The van der Waals surface area contributed by atoms with E-state index >= 15 is 0 Å². The number of nitriles is 1. The smallest absolute Gasteiger partial charge is 0.289 e. The van der Waals surface area contributed by atoms with Crippen molar-refractivity contribution in [3.05, 3.63) is 33.9 Å². The third-order valence-corrected chi connectivity index (χ3v) is 3.18. The summed E-state index contributed by atoms with van der Waals surface area (Å²) >= 11 is 0. The molecule has 19 heavy (non-hydrogen) atoms. The molecule has 1 saturated carbocycles. The number of hydrogen-bond acceptors (Lipinski definition) is 4. The number of nitro benzene ring substituents is 1. The lowest BCUT2D eigenvalue weighted by atomic mass is 10.1. The molecule has 1 aliphatic carbocycles. The summed E-state index contributed by atoms with van der Waals surface area (Å²) in [4.78, 5) is 12.7. The van der Waals surface area contributed by atoms with E-state index in [2.05, 4.69) is 18.7 Å². The summed E-state index contributed by atoms with van der Waals surface area (Å²) in [6, 6.07) is 7.25. The van der Waals surface area contributed by atoms with Crippen molar-refractivity contribution in [1.29, 1.82) is 5.26 Å². The van der Waals surface area contributed by atoms with Crippen LogP contribution in [-0.4, -0.2) is 17.5 Å². The molecule has 0 radical (unpaired) electrons. The first-order valence-electron chi connectivity index (χ1n) is 6.48. The molecule has 0 N–H and O–H groups in total. The highest BCUT2D eigenvalue weighted by Crippen LogP contribution is 2.34. The quantitative estimate of drug-likeness (QED) is 0.601. The topological polar surface area (TPSA) is 70.2 Å². The van der Waals surface area contributed by atoms with Gasteiger partial charge in [-0.25, -0.2) is 0 Å². The molecule has 0 unspecified atom stereocenters. The molecule has 1 aliphatic rings. The summed E-state index contributed by atoms with van der Waals surface area (Å²) in [5.41, 5.74) is 0.866. The molecule has 0 aromatic heterocycles. The molecule has 1 aromatic carbocycles. The monoisotopic (exact) mass is 259 g/mol. The Morgan fingerprint density at radius 2 is 2.21 bits per heavy atom. The second-order valence-electron chi connectivity index (χ2n) is 5.35. The van der Waals surface area contributed by atoms with Gasteiger partial charge >= 0.3 is 0 Å². The maximum atomic E-state index is 11.0. The van der Waals surface area contributed by atoms with Gasteiger partial charge in [-0.15, -0.1) is 0 Å². The number of nitrogens with zero attached hydrogens (tertiary/aromatic N) is 3. The van der Waals surface area contributed by atoms with Gasteiger partial charge in [-0.3, -0.25) is 10.1 Å². The molecule has 5 nitrogen and oxygen atoms in total. The predicted molar refractivity (Wildman–Crippen MR) is 73.0 cm³/mol. The Kier molecular flexibility index (Phi) is 3.70. The standard InChI is InChI=1S/C14H17N3O2/c1-10(2)9-16(12-5-6-12)13-4-3-11(8-15)14(7-13)17(18)19/h3-4,7,10,12H,5-6,9H2,1-2H3. The first-order valence-corrected chi connectivity index (χ1v) is 6.48. The minimum absolute atomic E-state index is 0.102. The van der Waals surface area contributed by atoms with E-state index in [0.29, 0.717) is 12.0 Å². The number of anilines is 1. The SMILES string of the molecule is CC(C)CN(c1ccc(C#N)c([N+](=O)[O-])c1)C1CC1. The van der Waals surface area contributed by atoms with Crippen LogP contribution in [0.3, 0.4) is 0 Å². The van der Waals surface area contributed by atoms with Crippen LogP contribution in [0.2, 0.25) is 0 Å². The summed E-state index contributed by atoms with van der Waals surface area (Å²) in [7, 11) is 0. The van der Waals surface area contributed by atoms with Crippen molar-refractivity contribution in [3.8, 4) is 6.07 Å². The summed E-state index contributed by atoms with van der Waals surface area (Å²) in [6.45, 7) is 5.15. The molecule has 5 heteroatoms. The van der Waals surface area contributed by atoms with Gasteiger partial charge in [0.25, 0.3) is 5.69 Å². The molecular weight excluding hydrogens is 242 g/mol. The first kappa shape index (κ1) is 13.3. The van der Waals surface area contributed by atoms with Gasteiger partial charge in [-0.1, -0.05) is 13.8 Å². The van der Waals surface area contributed by atoms with Crippen LogP contribution in [0.4, 0.5) is 11.4 Å². The summed E-state index contributed by atoms with van der Waals surface area (Å²) in [5, 5.41) is 19.9. The minimum Gasteiger partial charge on any atom is -0.368 e. The zero-order chi connectivity index (χ0) is 14.0. The Bertz CT molecular complexity index is 530. The first-order chi connectivity index (χ1) is 9.02. The van der Waals surface area contributed by atoms with Crippen molar-refractivity contribution in [2.45, 2.75) is 32.7 Å². The molecule has 0 atom stereocenters. The molecular formula is C14H17N3O2. The number of rotatable bonds is 5. The fourth-order valence-corrected chi connectivity index (χ4v) is 2.19. The van der Waals surface area contributed by atoms with Crippen molar-refractivity contribution in [1.82, 2.24) is 0 Å². The summed E-state index contributed by atoms with van der Waals surface area (Å²) in [6.07, 6.45) is 2.28. The Morgan fingerprint density at radius 3 is 2.68 bits per heavy atom. The fraction of sp³-hybridized carbons (Fsp3) is 0.500. The summed E-state index contributed by atoms with van der Waals surface area (Å²) < 4.78 is 0. The van der Waals surface area contributed by atoms with Gasteiger partial charge < -0.3 is 4.90 Å². The molecule has 0 bridgehead atoms. The van der Waals surface area contributed by atoms with E-state index in [1.54, 1.807) is 6.07 Å². The molecule has 0 spiro atoms. The molecule has 0 saturated heterocycles. The van der Waals surface area contributed by atoms with E-state index in [4.69, 9.17) is 5.26 Å². The molecule has 0 amide bonds. The molecule has 0 heterocycles. The summed E-state index contributed by atoms with van der Waals surface area (Å²) in [5.74, 6) is 0.496. The van der Waals surface area contributed by atoms with Crippen molar-refractivity contribution in [3.63, 3.8) is 0 Å². The van der Waals surface area contributed by atoms with Crippen LogP contribution >= 0.6 is 0 Å². The minimum atomic E-state index is -0.484. The Balaban J connectivity index is 2.35. The van der Waals surface area contributed by atoms with Crippen LogP contribution in [0.15, 0.2) is 18.2 Å². The molecule has 100 valence electrons. The zero-order valence-electron chi connectivity index (χ0n) is 11.2. The lowest BCUT2D eigenvalue weighted by Gasteiger charge is -2.26. The van der Waals surface area contributed by atoms with Crippen LogP contribution in [0.5, 0.6) is 0 Å². The van der Waals surface area contributed by atoms with Gasteiger partial charge in [0, 0.05) is 24.3 Å². The van der Waals surface area contributed by atoms with Gasteiger partial charge in [0.2, 0.25) is 0 Å². The van der Waals surface area contributed by atoms with Crippen LogP contribution in [0.1, 0.15) is 32.3 Å². The second-order valence-corrected chi connectivity index (χ2v) is 5.35. The van der Waals surface area contributed by atoms with E-state index in [1.807, 2.05) is 12.1 Å². The zero-order valence-corrected chi connectivity index (χ0v) is 11.2. The van der Waals surface area contributed by atoms with Crippen LogP contribution in [0.25, 0.3) is 0 Å². The van der Waals surface area contributed by atoms with Gasteiger partial charge in [-0.05, 0) is 30.9 Å². The van der Waals surface area contributed by atoms with Gasteiger partial charge in [0.05, 0.1) is 4.92 Å². The van der Waals surface area contributed by atoms with Crippen LogP contribution in [-0.2, 0) is 0 Å². The van der Waals surface area contributed by atoms with Gasteiger partial charge in [-0.2, -0.15) is 5.26 Å². The van der Waals surface area contributed by atoms with E-state index in [9.17, 15) is 10.1 Å². The maximum Gasteiger partial charge on any atom is 0.289 e. The number of nitro groups is 1. The lowest BCUT2D eigenvalue weighted by molar-refractivity contribution is -0.385. The predicted octanol–water partition coefficient (Wildman–Crippen LogP) is 3.09. The Hall–Kier alpha value is -2.09. The second kappa shape index (κ2) is 5.27. The van der Waals surface area contributed by atoms with E-state index in [1.165, 1.54) is 6.07 Å². The fourth-order valence-electron chi connectivity index (χ4n) is 2.19. The normalized spacial score (nSPS) is 14.2. The third kappa shape index (κ3) is 3.02. The highest BCUT2D eigenvalue weighted by Gasteiger charge is 2.30. The van der Waals surface area contributed by atoms with Crippen molar-refractivity contribution in [2.75, 3.05) is 11.4 Å². The average Bonchev–Trinajstić information content (AvgIpc) is 3.19.